The highest BCUT2D eigenvalue weighted by Crippen LogP contribution is 2.16. The van der Waals surface area contributed by atoms with Crippen molar-refractivity contribution in [2.24, 2.45) is 0 Å². The van der Waals surface area contributed by atoms with Gasteiger partial charge in [0.05, 0.1) is 6.54 Å². The molecule has 22 heavy (non-hydrogen) atoms. The molecular weight excluding hydrogens is 284 g/mol. The lowest BCUT2D eigenvalue weighted by Crippen LogP contribution is -2.27. The molecule has 0 unspecified atom stereocenters. The number of rotatable bonds is 5. The van der Waals surface area contributed by atoms with Crippen molar-refractivity contribution in [3.05, 3.63) is 42.1 Å². The van der Waals surface area contributed by atoms with Crippen molar-refractivity contribution >= 4 is 23.2 Å². The average molecular weight is 302 g/mol. The molecule has 0 bridgehead atoms. The van der Waals surface area contributed by atoms with Crippen LogP contribution in [0.1, 0.15) is 16.2 Å². The fourth-order valence-electron chi connectivity index (χ4n) is 1.88. The molecule has 7 nitrogen and oxygen atoms in total. The van der Waals surface area contributed by atoms with Crippen molar-refractivity contribution in [2.45, 2.75) is 6.92 Å². The van der Waals surface area contributed by atoms with Gasteiger partial charge in [-0.1, -0.05) is 6.07 Å². The number of aromatic nitrogens is 1. The van der Waals surface area contributed by atoms with Gasteiger partial charge in [0.1, 0.15) is 5.76 Å². The van der Waals surface area contributed by atoms with Crippen molar-refractivity contribution in [3.8, 4) is 0 Å². The van der Waals surface area contributed by atoms with Crippen LogP contribution in [-0.4, -0.2) is 42.3 Å². The van der Waals surface area contributed by atoms with Crippen LogP contribution >= 0.6 is 0 Å². The highest BCUT2D eigenvalue weighted by atomic mass is 16.3. The summed E-state index contributed by atoms with van der Waals surface area (Å²) in [5, 5.41) is 5.48. The number of carbonyl (C=O) groups excluding carboxylic acids is 2. The average Bonchev–Trinajstić information content (AvgIpc) is 2.84. The third-order valence-corrected chi connectivity index (χ3v) is 2.82. The first kappa shape index (κ1) is 15.7. The van der Waals surface area contributed by atoms with Crippen LogP contribution in [0.3, 0.4) is 0 Å². The van der Waals surface area contributed by atoms with Crippen LogP contribution in [0.2, 0.25) is 0 Å². The zero-order valence-corrected chi connectivity index (χ0v) is 12.7. The summed E-state index contributed by atoms with van der Waals surface area (Å²) in [5.41, 5.74) is 1.42. The minimum Gasteiger partial charge on any atom is -0.448 e. The first-order valence-electron chi connectivity index (χ1n) is 6.72. The second-order valence-electron chi connectivity index (χ2n) is 5.08. The molecule has 0 fully saturated rings. The number of benzene rings is 1. The van der Waals surface area contributed by atoms with Crippen LogP contribution in [0.4, 0.5) is 11.4 Å². The molecule has 0 aliphatic carbocycles. The molecule has 1 aromatic carbocycles. The van der Waals surface area contributed by atoms with E-state index in [0.717, 1.165) is 0 Å². The van der Waals surface area contributed by atoms with Gasteiger partial charge >= 0.3 is 0 Å². The molecule has 0 aliphatic heterocycles. The monoisotopic (exact) mass is 302 g/mol. The SMILES string of the molecule is Cc1ocnc1C(=O)Nc1cccc(NC(=O)CN(C)C)c1. The smallest absolute Gasteiger partial charge is 0.277 e. The normalized spacial score (nSPS) is 10.5. The van der Waals surface area contributed by atoms with Gasteiger partial charge in [0.25, 0.3) is 5.91 Å². The fourth-order valence-corrected chi connectivity index (χ4v) is 1.88. The lowest BCUT2D eigenvalue weighted by atomic mass is 10.2. The molecule has 1 heterocycles. The van der Waals surface area contributed by atoms with E-state index in [1.165, 1.54) is 6.39 Å². The number of amides is 2. The third kappa shape index (κ3) is 4.16. The zero-order valence-electron chi connectivity index (χ0n) is 12.7. The Balaban J connectivity index is 2.04. The molecule has 0 spiro atoms. The number of nitrogens with zero attached hydrogens (tertiary/aromatic N) is 2. The Labute approximate surface area is 128 Å². The number of aryl methyl sites for hydroxylation is 1. The third-order valence-electron chi connectivity index (χ3n) is 2.82. The molecule has 116 valence electrons. The van der Waals surface area contributed by atoms with Gasteiger partial charge in [-0.3, -0.25) is 9.59 Å². The van der Waals surface area contributed by atoms with Crippen LogP contribution in [-0.2, 0) is 4.79 Å². The van der Waals surface area contributed by atoms with E-state index in [2.05, 4.69) is 15.6 Å². The second-order valence-corrected chi connectivity index (χ2v) is 5.08. The van der Waals surface area contributed by atoms with Gasteiger partial charge in [0.2, 0.25) is 5.91 Å². The quantitative estimate of drug-likeness (QED) is 0.878. The van der Waals surface area contributed by atoms with Crippen molar-refractivity contribution in [1.82, 2.24) is 9.88 Å². The van der Waals surface area contributed by atoms with E-state index in [-0.39, 0.29) is 24.1 Å². The summed E-state index contributed by atoms with van der Waals surface area (Å²) in [4.78, 5) is 29.4. The van der Waals surface area contributed by atoms with E-state index >= 15 is 0 Å². The summed E-state index contributed by atoms with van der Waals surface area (Å²) in [6.45, 7) is 1.95. The van der Waals surface area contributed by atoms with Gasteiger partial charge in [-0.2, -0.15) is 0 Å². The van der Waals surface area contributed by atoms with Crippen molar-refractivity contribution in [1.29, 1.82) is 0 Å². The fraction of sp³-hybridized carbons (Fsp3) is 0.267. The Kier molecular flexibility index (Phi) is 4.90. The maximum absolute atomic E-state index is 12.0. The Hall–Kier alpha value is -2.67. The highest BCUT2D eigenvalue weighted by Gasteiger charge is 2.13. The van der Waals surface area contributed by atoms with E-state index in [4.69, 9.17) is 4.42 Å². The van der Waals surface area contributed by atoms with Crippen LogP contribution < -0.4 is 10.6 Å². The molecule has 0 aliphatic rings. The number of oxazole rings is 1. The van der Waals surface area contributed by atoms with Gasteiger partial charge in [0.15, 0.2) is 12.1 Å². The van der Waals surface area contributed by atoms with E-state index < -0.39 is 0 Å². The number of carbonyl (C=O) groups is 2. The van der Waals surface area contributed by atoms with Gasteiger partial charge in [-0.05, 0) is 39.2 Å². The zero-order chi connectivity index (χ0) is 16.1. The van der Waals surface area contributed by atoms with Gasteiger partial charge in [-0.15, -0.1) is 0 Å². The minimum absolute atomic E-state index is 0.124. The summed E-state index contributed by atoms with van der Waals surface area (Å²) in [6, 6.07) is 6.91. The molecule has 0 radical (unpaired) electrons. The molecule has 0 atom stereocenters. The van der Waals surface area contributed by atoms with E-state index in [0.29, 0.717) is 17.1 Å². The van der Waals surface area contributed by atoms with Gasteiger partial charge in [-0.25, -0.2) is 4.98 Å². The van der Waals surface area contributed by atoms with E-state index in [1.807, 2.05) is 14.1 Å². The number of hydrogen-bond donors (Lipinski definition) is 2. The van der Waals surface area contributed by atoms with Crippen LogP contribution in [0.25, 0.3) is 0 Å². The molecule has 2 N–H and O–H groups in total. The molecule has 0 saturated carbocycles. The standard InChI is InChI=1S/C15H18N4O3/c1-10-14(16-9-22-10)15(21)18-12-6-4-5-11(7-12)17-13(20)8-19(2)3/h4-7,9H,8H2,1-3H3,(H,17,20)(H,18,21). The largest absolute Gasteiger partial charge is 0.448 e. The van der Waals surface area contributed by atoms with E-state index in [1.54, 1.807) is 36.1 Å². The van der Waals surface area contributed by atoms with Crippen molar-refractivity contribution in [2.75, 3.05) is 31.3 Å². The molecular formula is C15H18N4O3. The molecule has 2 rings (SSSR count). The summed E-state index contributed by atoms with van der Waals surface area (Å²) in [5.74, 6) is -0.0308. The topological polar surface area (TPSA) is 87.5 Å². The molecule has 2 amide bonds. The molecule has 2 aromatic rings. The minimum atomic E-state index is -0.358. The summed E-state index contributed by atoms with van der Waals surface area (Å²) >= 11 is 0. The summed E-state index contributed by atoms with van der Waals surface area (Å²) in [6.07, 6.45) is 1.22. The maximum Gasteiger partial charge on any atom is 0.277 e. The highest BCUT2D eigenvalue weighted by molar-refractivity contribution is 6.04. The summed E-state index contributed by atoms with van der Waals surface area (Å²) in [7, 11) is 3.63. The Bertz CT molecular complexity index is 679. The van der Waals surface area contributed by atoms with Gasteiger partial charge in [0, 0.05) is 11.4 Å². The van der Waals surface area contributed by atoms with Crippen LogP contribution in [0.15, 0.2) is 35.1 Å². The molecule has 7 heteroatoms. The molecule has 1 aromatic heterocycles. The number of hydrogen-bond acceptors (Lipinski definition) is 5. The lowest BCUT2D eigenvalue weighted by Gasteiger charge is -2.11. The van der Waals surface area contributed by atoms with Crippen LogP contribution in [0.5, 0.6) is 0 Å². The Morgan fingerprint density at radius 2 is 1.91 bits per heavy atom. The number of likely N-dealkylation sites (N-methyl/N-ethyl adjacent to an activating group) is 1. The second kappa shape index (κ2) is 6.86. The molecule has 0 saturated heterocycles. The number of anilines is 2. The Morgan fingerprint density at radius 1 is 1.23 bits per heavy atom. The first-order valence-corrected chi connectivity index (χ1v) is 6.72. The first-order chi connectivity index (χ1) is 10.5. The van der Waals surface area contributed by atoms with Gasteiger partial charge < -0.3 is 20.0 Å². The lowest BCUT2D eigenvalue weighted by molar-refractivity contribution is -0.116. The Morgan fingerprint density at radius 3 is 2.50 bits per heavy atom. The van der Waals surface area contributed by atoms with E-state index in [9.17, 15) is 9.59 Å². The predicted octanol–water partition coefficient (Wildman–Crippen LogP) is 1.74. The number of nitrogens with one attached hydrogen (secondary N) is 2. The van der Waals surface area contributed by atoms with Crippen molar-refractivity contribution < 1.29 is 14.0 Å². The predicted molar refractivity (Wildman–Crippen MR) is 82.8 cm³/mol. The van der Waals surface area contributed by atoms with Crippen LogP contribution in [0, 0.1) is 6.92 Å². The maximum atomic E-state index is 12.0. The summed E-state index contributed by atoms with van der Waals surface area (Å²) < 4.78 is 5.00. The van der Waals surface area contributed by atoms with Crippen molar-refractivity contribution in [3.63, 3.8) is 0 Å².